The predicted octanol–water partition coefficient (Wildman–Crippen LogP) is 1.62. The number of methoxy groups -OCH3 is 2. The Bertz CT molecular complexity index is 532. The van der Waals surface area contributed by atoms with Crippen LogP contribution in [0.15, 0.2) is 18.2 Å². The molecule has 1 atom stereocenters. The van der Waals surface area contributed by atoms with Gasteiger partial charge in [-0.25, -0.2) is 0 Å². The highest BCUT2D eigenvalue weighted by Crippen LogP contribution is 2.29. The third-order valence-electron chi connectivity index (χ3n) is 4.51. The van der Waals surface area contributed by atoms with Crippen LogP contribution in [0.2, 0.25) is 0 Å². The smallest absolute Gasteiger partial charge is 0.254 e. The van der Waals surface area contributed by atoms with E-state index in [1.54, 1.807) is 26.4 Å². The molecule has 0 radical (unpaired) electrons. The van der Waals surface area contributed by atoms with Gasteiger partial charge in [0, 0.05) is 31.2 Å². The zero-order valence-corrected chi connectivity index (χ0v) is 12.7. The molecular weight excluding hydrogens is 268 g/mol. The van der Waals surface area contributed by atoms with Crippen molar-refractivity contribution < 1.29 is 14.3 Å². The highest BCUT2D eigenvalue weighted by atomic mass is 16.5. The van der Waals surface area contributed by atoms with E-state index in [2.05, 4.69) is 4.90 Å². The maximum atomic E-state index is 12.7. The van der Waals surface area contributed by atoms with E-state index in [0.717, 1.165) is 19.6 Å². The summed E-state index contributed by atoms with van der Waals surface area (Å²) in [6.07, 6.45) is 2.46. The lowest BCUT2D eigenvalue weighted by atomic mass is 10.1. The zero-order chi connectivity index (χ0) is 14.8. The van der Waals surface area contributed by atoms with Gasteiger partial charge < -0.3 is 14.4 Å². The van der Waals surface area contributed by atoms with E-state index in [9.17, 15) is 4.79 Å². The summed E-state index contributed by atoms with van der Waals surface area (Å²) in [6, 6.07) is 5.91. The minimum absolute atomic E-state index is 0.0857. The molecule has 0 bridgehead atoms. The van der Waals surface area contributed by atoms with Crippen LogP contribution in [-0.2, 0) is 0 Å². The maximum Gasteiger partial charge on any atom is 0.254 e. The molecule has 1 amide bonds. The Morgan fingerprint density at radius 1 is 1.14 bits per heavy atom. The fourth-order valence-corrected chi connectivity index (χ4v) is 3.33. The molecular formula is C16H22N2O3. The summed E-state index contributed by atoms with van der Waals surface area (Å²) in [5, 5.41) is 0. The van der Waals surface area contributed by atoms with Crippen LogP contribution in [-0.4, -0.2) is 62.1 Å². The molecule has 0 N–H and O–H groups in total. The standard InChI is InChI=1S/C16H22N2O3/c1-20-14-6-5-12(10-15(14)21-2)16(19)18-9-8-17-7-3-4-13(17)11-18/h5-6,10,13H,3-4,7-9,11H2,1-2H3. The summed E-state index contributed by atoms with van der Waals surface area (Å²) < 4.78 is 10.5. The lowest BCUT2D eigenvalue weighted by Crippen LogP contribution is -2.52. The molecule has 3 rings (SSSR count). The van der Waals surface area contributed by atoms with E-state index in [0.29, 0.717) is 23.1 Å². The van der Waals surface area contributed by atoms with Crippen LogP contribution in [0.5, 0.6) is 11.5 Å². The third-order valence-corrected chi connectivity index (χ3v) is 4.51. The second-order valence-electron chi connectivity index (χ2n) is 5.65. The lowest BCUT2D eigenvalue weighted by molar-refractivity contribution is 0.0571. The molecule has 2 fully saturated rings. The summed E-state index contributed by atoms with van der Waals surface area (Å²) in [5.74, 6) is 1.33. The number of fused-ring (bicyclic) bond motifs is 1. The van der Waals surface area contributed by atoms with Crippen LogP contribution in [0.3, 0.4) is 0 Å². The summed E-state index contributed by atoms with van der Waals surface area (Å²) in [4.78, 5) is 17.1. The fourth-order valence-electron chi connectivity index (χ4n) is 3.33. The molecule has 1 aromatic rings. The van der Waals surface area contributed by atoms with Gasteiger partial charge in [-0.2, -0.15) is 0 Å². The van der Waals surface area contributed by atoms with Crippen LogP contribution in [0.25, 0.3) is 0 Å². The van der Waals surface area contributed by atoms with Crippen molar-refractivity contribution in [3.8, 4) is 11.5 Å². The average Bonchev–Trinajstić information content (AvgIpc) is 3.00. The van der Waals surface area contributed by atoms with Gasteiger partial charge in [0.15, 0.2) is 11.5 Å². The summed E-state index contributed by atoms with van der Waals surface area (Å²) in [5.41, 5.74) is 0.666. The van der Waals surface area contributed by atoms with Gasteiger partial charge in [-0.1, -0.05) is 0 Å². The Morgan fingerprint density at radius 3 is 2.71 bits per heavy atom. The number of rotatable bonds is 3. The molecule has 21 heavy (non-hydrogen) atoms. The minimum atomic E-state index is 0.0857. The van der Waals surface area contributed by atoms with E-state index in [1.807, 2.05) is 11.0 Å². The summed E-state index contributed by atoms with van der Waals surface area (Å²) in [7, 11) is 3.18. The van der Waals surface area contributed by atoms with E-state index in [-0.39, 0.29) is 5.91 Å². The number of amides is 1. The van der Waals surface area contributed by atoms with Crippen LogP contribution in [0, 0.1) is 0 Å². The average molecular weight is 290 g/mol. The van der Waals surface area contributed by atoms with Crippen LogP contribution in [0.4, 0.5) is 0 Å². The molecule has 114 valence electrons. The van der Waals surface area contributed by atoms with Crippen LogP contribution in [0.1, 0.15) is 23.2 Å². The molecule has 1 aromatic carbocycles. The summed E-state index contributed by atoms with van der Waals surface area (Å²) in [6.45, 7) is 3.82. The van der Waals surface area contributed by atoms with Crippen molar-refractivity contribution >= 4 is 5.91 Å². The SMILES string of the molecule is COc1ccc(C(=O)N2CCN3CCCC3C2)cc1OC. The minimum Gasteiger partial charge on any atom is -0.493 e. The van der Waals surface area contributed by atoms with Gasteiger partial charge in [-0.05, 0) is 37.6 Å². The molecule has 0 aromatic heterocycles. The first-order valence-corrected chi connectivity index (χ1v) is 7.48. The Morgan fingerprint density at radius 2 is 1.95 bits per heavy atom. The van der Waals surface area contributed by atoms with Crippen molar-refractivity contribution in [2.75, 3.05) is 40.4 Å². The zero-order valence-electron chi connectivity index (χ0n) is 12.7. The van der Waals surface area contributed by atoms with E-state index in [4.69, 9.17) is 9.47 Å². The Balaban J connectivity index is 1.75. The molecule has 2 heterocycles. The predicted molar refractivity (Wildman–Crippen MR) is 80.0 cm³/mol. The van der Waals surface area contributed by atoms with E-state index in [1.165, 1.54) is 19.4 Å². The van der Waals surface area contributed by atoms with Crippen molar-refractivity contribution in [3.05, 3.63) is 23.8 Å². The molecule has 5 heteroatoms. The van der Waals surface area contributed by atoms with Crippen molar-refractivity contribution in [3.63, 3.8) is 0 Å². The van der Waals surface area contributed by atoms with Gasteiger partial charge in [0.25, 0.3) is 5.91 Å². The number of nitrogens with zero attached hydrogens (tertiary/aromatic N) is 2. The maximum absolute atomic E-state index is 12.7. The first-order valence-electron chi connectivity index (χ1n) is 7.48. The second-order valence-corrected chi connectivity index (χ2v) is 5.65. The van der Waals surface area contributed by atoms with E-state index >= 15 is 0 Å². The van der Waals surface area contributed by atoms with E-state index < -0.39 is 0 Å². The number of benzene rings is 1. The van der Waals surface area contributed by atoms with Crippen molar-refractivity contribution in [2.45, 2.75) is 18.9 Å². The lowest BCUT2D eigenvalue weighted by Gasteiger charge is -2.37. The molecule has 0 saturated carbocycles. The number of carbonyl (C=O) groups is 1. The van der Waals surface area contributed by atoms with Crippen molar-refractivity contribution in [2.24, 2.45) is 0 Å². The number of hydrogen-bond acceptors (Lipinski definition) is 4. The first-order chi connectivity index (χ1) is 10.2. The van der Waals surface area contributed by atoms with Crippen LogP contribution < -0.4 is 9.47 Å². The van der Waals surface area contributed by atoms with Gasteiger partial charge >= 0.3 is 0 Å². The topological polar surface area (TPSA) is 42.0 Å². The Hall–Kier alpha value is -1.75. The third kappa shape index (κ3) is 2.70. The van der Waals surface area contributed by atoms with Gasteiger partial charge in [0.2, 0.25) is 0 Å². The van der Waals surface area contributed by atoms with Crippen molar-refractivity contribution in [1.29, 1.82) is 0 Å². The number of carbonyl (C=O) groups excluding carboxylic acids is 1. The number of hydrogen-bond donors (Lipinski definition) is 0. The number of piperazine rings is 1. The molecule has 2 saturated heterocycles. The van der Waals surface area contributed by atoms with Gasteiger partial charge in [-0.15, -0.1) is 0 Å². The molecule has 2 aliphatic rings. The van der Waals surface area contributed by atoms with Crippen LogP contribution >= 0.6 is 0 Å². The Kier molecular flexibility index (Phi) is 4.01. The van der Waals surface area contributed by atoms with Gasteiger partial charge in [0.1, 0.15) is 0 Å². The quantitative estimate of drug-likeness (QED) is 0.848. The number of ether oxygens (including phenoxy) is 2. The highest BCUT2D eigenvalue weighted by Gasteiger charge is 2.32. The normalized spacial score (nSPS) is 22.0. The molecule has 0 aliphatic carbocycles. The summed E-state index contributed by atoms with van der Waals surface area (Å²) >= 11 is 0. The molecule has 0 spiro atoms. The molecule has 1 unspecified atom stereocenters. The molecule has 2 aliphatic heterocycles. The first kappa shape index (κ1) is 14.2. The Labute approximate surface area is 125 Å². The van der Waals surface area contributed by atoms with Gasteiger partial charge in [0.05, 0.1) is 14.2 Å². The molecule has 5 nitrogen and oxygen atoms in total. The monoisotopic (exact) mass is 290 g/mol. The van der Waals surface area contributed by atoms with Crippen molar-refractivity contribution in [1.82, 2.24) is 9.80 Å². The fraction of sp³-hybridized carbons (Fsp3) is 0.562. The second kappa shape index (κ2) is 5.93. The largest absolute Gasteiger partial charge is 0.493 e. The highest BCUT2D eigenvalue weighted by molar-refractivity contribution is 5.95. The van der Waals surface area contributed by atoms with Gasteiger partial charge in [-0.3, -0.25) is 9.69 Å².